The normalized spacial score (nSPS) is 22.3. The maximum absolute atomic E-state index is 4.45. The van der Waals surface area contributed by atoms with Gasteiger partial charge in [0.15, 0.2) is 0 Å². The quantitative estimate of drug-likeness (QED) is 0.843. The molecule has 0 amide bonds. The molecule has 0 radical (unpaired) electrons. The van der Waals surface area contributed by atoms with Crippen molar-refractivity contribution < 1.29 is 0 Å². The topological polar surface area (TPSA) is 33.1 Å². The second-order valence-corrected chi connectivity index (χ2v) is 4.88. The lowest BCUT2D eigenvalue weighted by Gasteiger charge is -2.30. The van der Waals surface area contributed by atoms with E-state index >= 15 is 0 Å². The van der Waals surface area contributed by atoms with Crippen molar-refractivity contribution >= 4 is 5.95 Å². The number of nitrogens with one attached hydrogen (secondary N) is 1. The Balaban J connectivity index is 2.02. The van der Waals surface area contributed by atoms with Crippen molar-refractivity contribution in [2.45, 2.75) is 26.3 Å². The molecule has 0 aliphatic carbocycles. The molecular formula is C12H22N4. The first-order chi connectivity index (χ1) is 7.69. The number of rotatable bonds is 3. The van der Waals surface area contributed by atoms with E-state index < -0.39 is 0 Å². The number of aryl methyl sites for hydroxylation is 1. The lowest BCUT2D eigenvalue weighted by molar-refractivity contribution is 0.195. The number of hydrogen-bond donors (Lipinski definition) is 1. The van der Waals surface area contributed by atoms with E-state index in [1.54, 1.807) is 0 Å². The molecule has 1 aliphatic rings. The number of aromatic nitrogens is 2. The van der Waals surface area contributed by atoms with Crippen LogP contribution in [0.5, 0.6) is 0 Å². The summed E-state index contributed by atoms with van der Waals surface area (Å²) in [5.74, 6) is 1.75. The van der Waals surface area contributed by atoms with Crippen molar-refractivity contribution in [3.8, 4) is 0 Å². The van der Waals surface area contributed by atoms with Crippen LogP contribution >= 0.6 is 0 Å². The van der Waals surface area contributed by atoms with Crippen molar-refractivity contribution in [3.05, 3.63) is 11.9 Å². The van der Waals surface area contributed by atoms with Crippen LogP contribution in [0.25, 0.3) is 0 Å². The molecule has 1 saturated heterocycles. The predicted molar refractivity (Wildman–Crippen MR) is 66.7 cm³/mol. The van der Waals surface area contributed by atoms with Crippen LogP contribution in [0.1, 0.15) is 18.5 Å². The smallest absolute Gasteiger partial charge is 0.202 e. The second-order valence-electron chi connectivity index (χ2n) is 4.88. The maximum Gasteiger partial charge on any atom is 0.202 e. The number of imidazole rings is 1. The summed E-state index contributed by atoms with van der Waals surface area (Å²) < 4.78 is 2.25. The monoisotopic (exact) mass is 222 g/mol. The number of likely N-dealkylation sites (tertiary alicyclic amines) is 1. The van der Waals surface area contributed by atoms with Gasteiger partial charge in [-0.3, -0.25) is 0 Å². The summed E-state index contributed by atoms with van der Waals surface area (Å²) >= 11 is 0. The van der Waals surface area contributed by atoms with Gasteiger partial charge in [0.1, 0.15) is 0 Å². The molecular weight excluding hydrogens is 200 g/mol. The minimum atomic E-state index is 0.763. The van der Waals surface area contributed by atoms with E-state index in [1.165, 1.54) is 25.9 Å². The van der Waals surface area contributed by atoms with Crippen molar-refractivity contribution in [1.82, 2.24) is 14.5 Å². The number of anilines is 1. The zero-order chi connectivity index (χ0) is 11.5. The molecule has 1 atom stereocenters. The second kappa shape index (κ2) is 4.87. The highest BCUT2D eigenvalue weighted by atomic mass is 15.2. The molecule has 0 bridgehead atoms. The molecule has 1 aromatic rings. The molecule has 0 aromatic carbocycles. The Labute approximate surface area is 97.7 Å². The van der Waals surface area contributed by atoms with Crippen LogP contribution in [0.3, 0.4) is 0 Å². The summed E-state index contributed by atoms with van der Waals surface area (Å²) in [5.41, 5.74) is 1.09. The molecule has 90 valence electrons. The van der Waals surface area contributed by atoms with Crippen LogP contribution in [0, 0.1) is 12.8 Å². The van der Waals surface area contributed by atoms with Gasteiger partial charge in [-0.05, 0) is 39.3 Å². The minimum Gasteiger partial charge on any atom is -0.359 e. The minimum absolute atomic E-state index is 0.763. The van der Waals surface area contributed by atoms with Gasteiger partial charge in [0.2, 0.25) is 5.95 Å². The molecule has 2 heterocycles. The van der Waals surface area contributed by atoms with Crippen molar-refractivity contribution in [2.24, 2.45) is 5.92 Å². The Morgan fingerprint density at radius 2 is 2.38 bits per heavy atom. The Morgan fingerprint density at radius 3 is 3.06 bits per heavy atom. The van der Waals surface area contributed by atoms with Gasteiger partial charge in [-0.1, -0.05) is 0 Å². The van der Waals surface area contributed by atoms with Crippen molar-refractivity contribution in [3.63, 3.8) is 0 Å². The first kappa shape index (κ1) is 11.5. The first-order valence-electron chi connectivity index (χ1n) is 6.09. The highest BCUT2D eigenvalue weighted by Gasteiger charge is 2.18. The van der Waals surface area contributed by atoms with E-state index in [9.17, 15) is 0 Å². The Bertz CT molecular complexity index is 345. The molecule has 0 saturated carbocycles. The molecule has 1 fully saturated rings. The van der Waals surface area contributed by atoms with E-state index in [0.717, 1.165) is 24.1 Å². The zero-order valence-electron chi connectivity index (χ0n) is 10.5. The Morgan fingerprint density at radius 1 is 1.56 bits per heavy atom. The van der Waals surface area contributed by atoms with Gasteiger partial charge in [-0.2, -0.15) is 0 Å². The van der Waals surface area contributed by atoms with E-state index in [2.05, 4.69) is 33.0 Å². The Hall–Kier alpha value is -1.03. The number of nitrogens with zero attached hydrogens (tertiary/aromatic N) is 3. The summed E-state index contributed by atoms with van der Waals surface area (Å²) in [6.45, 7) is 5.59. The fourth-order valence-corrected chi connectivity index (χ4v) is 2.59. The molecule has 4 heteroatoms. The summed E-state index contributed by atoms with van der Waals surface area (Å²) in [4.78, 5) is 6.88. The van der Waals surface area contributed by atoms with Crippen molar-refractivity contribution in [2.75, 3.05) is 32.5 Å². The van der Waals surface area contributed by atoms with E-state index in [1.807, 2.05) is 14.0 Å². The summed E-state index contributed by atoms with van der Waals surface area (Å²) in [7, 11) is 4.15. The highest BCUT2D eigenvalue weighted by molar-refractivity contribution is 5.27. The average molecular weight is 222 g/mol. The van der Waals surface area contributed by atoms with Gasteiger partial charge in [0, 0.05) is 26.3 Å². The van der Waals surface area contributed by atoms with Gasteiger partial charge >= 0.3 is 0 Å². The molecule has 2 rings (SSSR count). The van der Waals surface area contributed by atoms with Crippen LogP contribution in [-0.4, -0.2) is 41.6 Å². The molecule has 1 aromatic heterocycles. The van der Waals surface area contributed by atoms with E-state index in [0.29, 0.717) is 0 Å². The molecule has 1 aliphatic heterocycles. The molecule has 1 N–H and O–H groups in total. The maximum atomic E-state index is 4.45. The molecule has 0 spiro atoms. The third kappa shape index (κ3) is 2.55. The standard InChI is InChI=1S/C12H22N4/c1-10-7-16(12(13-2)14-10)9-11-5-4-6-15(3)8-11/h7,11H,4-6,8-9H2,1-3H3,(H,13,14). The first-order valence-corrected chi connectivity index (χ1v) is 6.09. The summed E-state index contributed by atoms with van der Waals surface area (Å²) in [6.07, 6.45) is 4.80. The fraction of sp³-hybridized carbons (Fsp3) is 0.750. The van der Waals surface area contributed by atoms with Gasteiger partial charge in [0.25, 0.3) is 0 Å². The lowest BCUT2D eigenvalue weighted by Crippen LogP contribution is -2.34. The summed E-state index contributed by atoms with van der Waals surface area (Å²) in [6, 6.07) is 0. The van der Waals surface area contributed by atoms with Crippen LogP contribution in [0.4, 0.5) is 5.95 Å². The molecule has 16 heavy (non-hydrogen) atoms. The van der Waals surface area contributed by atoms with Crippen LogP contribution in [-0.2, 0) is 6.54 Å². The predicted octanol–water partition coefficient (Wildman–Crippen LogP) is 1.58. The van der Waals surface area contributed by atoms with Crippen LogP contribution in [0.15, 0.2) is 6.20 Å². The summed E-state index contributed by atoms with van der Waals surface area (Å²) in [5, 5.41) is 3.16. The number of piperidine rings is 1. The third-order valence-electron chi connectivity index (χ3n) is 3.30. The average Bonchev–Trinajstić information content (AvgIpc) is 2.59. The Kier molecular flexibility index (Phi) is 3.49. The van der Waals surface area contributed by atoms with Crippen LogP contribution < -0.4 is 5.32 Å². The van der Waals surface area contributed by atoms with Crippen molar-refractivity contribution in [1.29, 1.82) is 0 Å². The zero-order valence-corrected chi connectivity index (χ0v) is 10.5. The van der Waals surface area contributed by atoms with Gasteiger partial charge in [-0.25, -0.2) is 4.98 Å². The van der Waals surface area contributed by atoms with E-state index in [4.69, 9.17) is 0 Å². The molecule has 1 unspecified atom stereocenters. The number of hydrogen-bond acceptors (Lipinski definition) is 3. The highest BCUT2D eigenvalue weighted by Crippen LogP contribution is 2.19. The fourth-order valence-electron chi connectivity index (χ4n) is 2.59. The third-order valence-corrected chi connectivity index (χ3v) is 3.30. The largest absolute Gasteiger partial charge is 0.359 e. The molecule has 4 nitrogen and oxygen atoms in total. The van der Waals surface area contributed by atoms with Gasteiger partial charge in [-0.15, -0.1) is 0 Å². The van der Waals surface area contributed by atoms with E-state index in [-0.39, 0.29) is 0 Å². The van der Waals surface area contributed by atoms with Crippen LogP contribution in [0.2, 0.25) is 0 Å². The van der Waals surface area contributed by atoms with Gasteiger partial charge in [0.05, 0.1) is 5.69 Å². The lowest BCUT2D eigenvalue weighted by atomic mass is 9.98. The SMILES string of the molecule is CNc1nc(C)cn1CC1CCCN(C)C1. The van der Waals surface area contributed by atoms with Gasteiger partial charge < -0.3 is 14.8 Å².